The molecule has 146 valence electrons. The molecule has 28 heavy (non-hydrogen) atoms. The molecule has 8 heteroatoms. The van der Waals surface area contributed by atoms with Crippen LogP contribution in [0, 0.1) is 12.7 Å². The van der Waals surface area contributed by atoms with E-state index in [0.29, 0.717) is 37.3 Å². The number of morpholine rings is 1. The first kappa shape index (κ1) is 18.5. The number of nitrogens with zero attached hydrogens (tertiary/aromatic N) is 4. The molecule has 1 N–H and O–H groups in total. The fourth-order valence-corrected chi connectivity index (χ4v) is 3.38. The lowest BCUT2D eigenvalue weighted by Crippen LogP contribution is -2.41. The minimum Gasteiger partial charge on any atom is -0.379 e. The highest BCUT2D eigenvalue weighted by atomic mass is 19.1. The van der Waals surface area contributed by atoms with Gasteiger partial charge in [-0.3, -0.25) is 4.90 Å². The highest BCUT2D eigenvalue weighted by molar-refractivity contribution is 5.68. The molecule has 4 rings (SSSR count). The molecule has 0 spiro atoms. The van der Waals surface area contributed by atoms with Gasteiger partial charge in [0, 0.05) is 25.8 Å². The highest BCUT2D eigenvalue weighted by Gasteiger charge is 2.24. The molecule has 3 aromatic rings. The zero-order valence-electron chi connectivity index (χ0n) is 15.6. The first-order valence-corrected chi connectivity index (χ1v) is 9.27. The van der Waals surface area contributed by atoms with E-state index >= 15 is 0 Å². The van der Waals surface area contributed by atoms with Crippen LogP contribution in [0.2, 0.25) is 0 Å². The van der Waals surface area contributed by atoms with Crippen molar-refractivity contribution in [3.63, 3.8) is 0 Å². The van der Waals surface area contributed by atoms with Crippen LogP contribution in [-0.2, 0) is 4.74 Å². The summed E-state index contributed by atoms with van der Waals surface area (Å²) in [5.41, 5.74) is 1.66. The van der Waals surface area contributed by atoms with Gasteiger partial charge in [-0.2, -0.15) is 4.98 Å². The molecular weight excluding hydrogens is 361 g/mol. The molecule has 1 fully saturated rings. The van der Waals surface area contributed by atoms with E-state index in [4.69, 9.17) is 9.26 Å². The monoisotopic (exact) mass is 383 g/mol. The second-order valence-electron chi connectivity index (χ2n) is 6.65. The van der Waals surface area contributed by atoms with Gasteiger partial charge in [-0.1, -0.05) is 17.3 Å². The van der Waals surface area contributed by atoms with E-state index in [1.54, 1.807) is 25.3 Å². The van der Waals surface area contributed by atoms with Crippen molar-refractivity contribution in [2.24, 2.45) is 0 Å². The number of aryl methyl sites for hydroxylation is 1. The third-order valence-electron chi connectivity index (χ3n) is 4.75. The third kappa shape index (κ3) is 4.18. The van der Waals surface area contributed by atoms with E-state index in [2.05, 4.69) is 25.3 Å². The maximum absolute atomic E-state index is 13.8. The SMILES string of the molecule is Cc1noc(-c2cccnc2NC[C@@H](c2cccc(F)c2)N2CCOCC2)n1. The second-order valence-corrected chi connectivity index (χ2v) is 6.65. The molecule has 0 unspecified atom stereocenters. The van der Waals surface area contributed by atoms with E-state index in [9.17, 15) is 4.39 Å². The van der Waals surface area contributed by atoms with Crippen LogP contribution in [0.25, 0.3) is 11.5 Å². The van der Waals surface area contributed by atoms with Crippen LogP contribution in [0.3, 0.4) is 0 Å². The Morgan fingerprint density at radius 1 is 1.21 bits per heavy atom. The zero-order chi connectivity index (χ0) is 19.3. The fourth-order valence-electron chi connectivity index (χ4n) is 3.38. The number of rotatable bonds is 6. The maximum atomic E-state index is 13.8. The third-order valence-corrected chi connectivity index (χ3v) is 4.75. The quantitative estimate of drug-likeness (QED) is 0.701. The van der Waals surface area contributed by atoms with E-state index in [1.165, 1.54) is 6.07 Å². The van der Waals surface area contributed by atoms with Crippen molar-refractivity contribution in [2.75, 3.05) is 38.2 Å². The zero-order valence-corrected chi connectivity index (χ0v) is 15.6. The summed E-state index contributed by atoms with van der Waals surface area (Å²) in [5, 5.41) is 7.25. The summed E-state index contributed by atoms with van der Waals surface area (Å²) in [6.45, 7) is 5.25. The molecule has 1 saturated heterocycles. The van der Waals surface area contributed by atoms with Gasteiger partial charge in [0.25, 0.3) is 5.89 Å². The summed E-state index contributed by atoms with van der Waals surface area (Å²) < 4.78 is 24.6. The Kier molecular flexibility index (Phi) is 5.59. The van der Waals surface area contributed by atoms with Crippen LogP contribution >= 0.6 is 0 Å². The van der Waals surface area contributed by atoms with Crippen LogP contribution in [0.5, 0.6) is 0 Å². The lowest BCUT2D eigenvalue weighted by atomic mass is 10.0. The van der Waals surface area contributed by atoms with Crippen molar-refractivity contribution in [1.82, 2.24) is 20.0 Å². The molecule has 0 aliphatic carbocycles. The Hall–Kier alpha value is -2.84. The number of pyridine rings is 1. The molecule has 1 aliphatic rings. The Labute approximate surface area is 162 Å². The average Bonchev–Trinajstić information content (AvgIpc) is 3.15. The molecule has 1 aliphatic heterocycles. The predicted molar refractivity (Wildman–Crippen MR) is 102 cm³/mol. The number of hydrogen-bond acceptors (Lipinski definition) is 7. The standard InChI is InChI=1S/C20H22FN5O2/c1-14-24-20(28-25-14)17-6-3-7-22-19(17)23-13-18(26-8-10-27-11-9-26)15-4-2-5-16(21)12-15/h2-7,12,18H,8-11,13H2,1H3,(H,22,23)/t18-/m0/s1. The summed E-state index contributed by atoms with van der Waals surface area (Å²) >= 11 is 0. The Bertz CT molecular complexity index is 926. The summed E-state index contributed by atoms with van der Waals surface area (Å²) in [6, 6.07) is 10.4. The van der Waals surface area contributed by atoms with Gasteiger partial charge < -0.3 is 14.6 Å². The predicted octanol–water partition coefficient (Wildman–Crippen LogP) is 3.06. The van der Waals surface area contributed by atoms with Crippen molar-refractivity contribution in [3.05, 3.63) is 59.8 Å². The maximum Gasteiger partial charge on any atom is 0.261 e. The molecule has 3 heterocycles. The number of halogens is 1. The number of nitrogens with one attached hydrogen (secondary N) is 1. The molecule has 0 saturated carbocycles. The molecule has 7 nitrogen and oxygen atoms in total. The van der Waals surface area contributed by atoms with E-state index < -0.39 is 0 Å². The van der Waals surface area contributed by atoms with Gasteiger partial charge in [0.15, 0.2) is 5.82 Å². The van der Waals surface area contributed by atoms with Crippen molar-refractivity contribution < 1.29 is 13.7 Å². The lowest BCUT2D eigenvalue weighted by molar-refractivity contribution is 0.0186. The largest absolute Gasteiger partial charge is 0.379 e. The van der Waals surface area contributed by atoms with E-state index in [-0.39, 0.29) is 11.9 Å². The minimum absolute atomic E-state index is 0.0149. The number of anilines is 1. The van der Waals surface area contributed by atoms with E-state index in [0.717, 1.165) is 24.2 Å². The van der Waals surface area contributed by atoms with Gasteiger partial charge in [0.1, 0.15) is 11.6 Å². The van der Waals surface area contributed by atoms with Crippen LogP contribution in [0.15, 0.2) is 47.1 Å². The number of ether oxygens (including phenoxy) is 1. The minimum atomic E-state index is -0.240. The van der Waals surface area contributed by atoms with Gasteiger partial charge in [-0.05, 0) is 36.8 Å². The number of aromatic nitrogens is 3. The van der Waals surface area contributed by atoms with E-state index in [1.807, 2.05) is 18.2 Å². The normalized spacial score (nSPS) is 16.1. The summed E-state index contributed by atoms with van der Waals surface area (Å²) in [6.07, 6.45) is 1.71. The molecule has 1 atom stereocenters. The van der Waals surface area contributed by atoms with Crippen LogP contribution in [-0.4, -0.2) is 52.9 Å². The molecule has 0 radical (unpaired) electrons. The second kappa shape index (κ2) is 8.45. The Morgan fingerprint density at radius 3 is 2.82 bits per heavy atom. The summed E-state index contributed by atoms with van der Waals surface area (Å²) in [5.74, 6) is 1.40. The molecule has 0 bridgehead atoms. The van der Waals surface area contributed by atoms with Crippen LogP contribution in [0.1, 0.15) is 17.4 Å². The van der Waals surface area contributed by atoms with Crippen LogP contribution < -0.4 is 5.32 Å². The van der Waals surface area contributed by atoms with Crippen molar-refractivity contribution in [2.45, 2.75) is 13.0 Å². The highest BCUT2D eigenvalue weighted by Crippen LogP contribution is 2.27. The molecule has 1 aromatic carbocycles. The topological polar surface area (TPSA) is 76.3 Å². The first-order chi connectivity index (χ1) is 13.7. The van der Waals surface area contributed by atoms with Gasteiger partial charge >= 0.3 is 0 Å². The molecule has 0 amide bonds. The van der Waals surface area contributed by atoms with Crippen LogP contribution in [0.4, 0.5) is 10.2 Å². The van der Waals surface area contributed by atoms with Crippen molar-refractivity contribution >= 4 is 5.82 Å². The fraction of sp³-hybridized carbons (Fsp3) is 0.350. The summed E-state index contributed by atoms with van der Waals surface area (Å²) in [4.78, 5) is 11.0. The number of benzene rings is 1. The number of hydrogen-bond donors (Lipinski definition) is 1. The lowest BCUT2D eigenvalue weighted by Gasteiger charge is -2.35. The van der Waals surface area contributed by atoms with Gasteiger partial charge in [0.2, 0.25) is 0 Å². The van der Waals surface area contributed by atoms with Gasteiger partial charge in [-0.25, -0.2) is 9.37 Å². The molecule has 2 aromatic heterocycles. The van der Waals surface area contributed by atoms with Gasteiger partial charge in [0.05, 0.1) is 24.8 Å². The average molecular weight is 383 g/mol. The van der Waals surface area contributed by atoms with Crippen molar-refractivity contribution in [3.8, 4) is 11.5 Å². The smallest absolute Gasteiger partial charge is 0.261 e. The Morgan fingerprint density at radius 2 is 2.07 bits per heavy atom. The van der Waals surface area contributed by atoms with Gasteiger partial charge in [-0.15, -0.1) is 0 Å². The summed E-state index contributed by atoms with van der Waals surface area (Å²) in [7, 11) is 0. The Balaban J connectivity index is 1.58. The van der Waals surface area contributed by atoms with Crippen molar-refractivity contribution in [1.29, 1.82) is 0 Å². The first-order valence-electron chi connectivity index (χ1n) is 9.27. The molecular formula is C20H22FN5O2.